The topological polar surface area (TPSA) is 56.1 Å². The van der Waals surface area contributed by atoms with Gasteiger partial charge in [0.2, 0.25) is 0 Å². The summed E-state index contributed by atoms with van der Waals surface area (Å²) in [4.78, 5) is 12.5. The number of fused-ring (bicyclic) bond motifs is 2. The number of nitrogens with one attached hydrogen (secondary N) is 1. The molecule has 104 valence electrons. The third-order valence-corrected chi connectivity index (χ3v) is 3.99. The van der Waals surface area contributed by atoms with E-state index in [2.05, 4.69) is 17.3 Å². The van der Waals surface area contributed by atoms with Gasteiger partial charge in [0.15, 0.2) is 5.78 Å². The summed E-state index contributed by atoms with van der Waals surface area (Å²) >= 11 is 0. The number of ketones is 1. The van der Waals surface area contributed by atoms with Crippen LogP contribution in [0.25, 0.3) is 0 Å². The maximum atomic E-state index is 12.5. The average molecular weight is 263 g/mol. The molecule has 2 fully saturated rings. The fourth-order valence-electron chi connectivity index (χ4n) is 3.13. The molecule has 5 heteroatoms. The number of carbonyl (C=O) groups is 1. The first-order chi connectivity index (χ1) is 9.26. The summed E-state index contributed by atoms with van der Waals surface area (Å²) in [5.41, 5.74) is 0.763. The summed E-state index contributed by atoms with van der Waals surface area (Å²) < 4.78 is 7.38. The van der Waals surface area contributed by atoms with Crippen LogP contribution >= 0.6 is 0 Å². The molecule has 0 spiro atoms. The zero-order valence-electron chi connectivity index (χ0n) is 11.3. The number of aryl methyl sites for hydroxylation is 1. The molecule has 2 bridgehead atoms. The summed E-state index contributed by atoms with van der Waals surface area (Å²) in [5.74, 6) is 0.375. The van der Waals surface area contributed by atoms with Crippen LogP contribution in [-0.2, 0) is 11.3 Å². The molecule has 2 aliphatic heterocycles. The fourth-order valence-corrected chi connectivity index (χ4v) is 3.13. The van der Waals surface area contributed by atoms with Crippen molar-refractivity contribution in [2.45, 2.75) is 44.8 Å². The van der Waals surface area contributed by atoms with Crippen molar-refractivity contribution >= 4 is 5.78 Å². The van der Waals surface area contributed by atoms with Crippen LogP contribution < -0.4 is 5.32 Å². The van der Waals surface area contributed by atoms with Crippen LogP contribution in [0.2, 0.25) is 0 Å². The standard InChI is InChI=1S/C14H21N3O2/c1-2-3-17-7-11(6-15-17)14(18)10-4-12-8-19-9-13(5-10)16-12/h6-7,10,12-13,16H,2-5,8-9H2,1H3. The van der Waals surface area contributed by atoms with Crippen molar-refractivity contribution in [2.24, 2.45) is 5.92 Å². The molecule has 0 radical (unpaired) electrons. The van der Waals surface area contributed by atoms with Crippen molar-refractivity contribution in [1.82, 2.24) is 15.1 Å². The summed E-state index contributed by atoms with van der Waals surface area (Å²) in [6.45, 7) is 4.44. The minimum Gasteiger partial charge on any atom is -0.378 e. The number of morpholine rings is 1. The Bertz CT molecular complexity index is 445. The number of piperidine rings is 1. The number of nitrogens with zero attached hydrogens (tertiary/aromatic N) is 2. The van der Waals surface area contributed by atoms with Crippen molar-refractivity contribution in [3.05, 3.63) is 18.0 Å². The van der Waals surface area contributed by atoms with Crippen LogP contribution in [-0.4, -0.2) is 40.9 Å². The number of ether oxygens (including phenoxy) is 1. The molecule has 5 nitrogen and oxygen atoms in total. The number of hydrogen-bond acceptors (Lipinski definition) is 4. The van der Waals surface area contributed by atoms with Gasteiger partial charge in [-0.1, -0.05) is 6.92 Å². The Balaban J connectivity index is 1.69. The molecule has 19 heavy (non-hydrogen) atoms. The number of carbonyl (C=O) groups excluding carboxylic acids is 1. The lowest BCUT2D eigenvalue weighted by Gasteiger charge is -2.39. The highest BCUT2D eigenvalue weighted by Crippen LogP contribution is 2.26. The van der Waals surface area contributed by atoms with Crippen LogP contribution in [0.1, 0.15) is 36.5 Å². The second kappa shape index (κ2) is 5.43. The summed E-state index contributed by atoms with van der Waals surface area (Å²) in [6.07, 6.45) is 6.40. The van der Waals surface area contributed by atoms with E-state index in [1.807, 2.05) is 10.9 Å². The number of aromatic nitrogens is 2. The molecule has 2 aliphatic rings. The molecular weight excluding hydrogens is 242 g/mol. The van der Waals surface area contributed by atoms with Crippen LogP contribution in [0.15, 0.2) is 12.4 Å². The number of Topliss-reactive ketones (excluding diaryl/α,β-unsaturated/α-hetero) is 1. The van der Waals surface area contributed by atoms with E-state index < -0.39 is 0 Å². The quantitative estimate of drug-likeness (QED) is 0.830. The molecule has 2 unspecified atom stereocenters. The fraction of sp³-hybridized carbons (Fsp3) is 0.714. The highest BCUT2D eigenvalue weighted by Gasteiger charge is 2.35. The normalized spacial score (nSPS) is 30.3. The minimum atomic E-state index is 0.124. The van der Waals surface area contributed by atoms with Crippen molar-refractivity contribution < 1.29 is 9.53 Å². The molecule has 3 heterocycles. The van der Waals surface area contributed by atoms with Crippen molar-refractivity contribution in [3.8, 4) is 0 Å². The van der Waals surface area contributed by atoms with Crippen molar-refractivity contribution in [3.63, 3.8) is 0 Å². The van der Waals surface area contributed by atoms with Gasteiger partial charge in [0, 0.05) is 30.7 Å². The van der Waals surface area contributed by atoms with Crippen LogP contribution in [0, 0.1) is 5.92 Å². The second-order valence-electron chi connectivity index (χ2n) is 5.62. The maximum absolute atomic E-state index is 12.5. The summed E-state index contributed by atoms with van der Waals surface area (Å²) in [6, 6.07) is 0.680. The van der Waals surface area contributed by atoms with Crippen LogP contribution in [0.5, 0.6) is 0 Å². The zero-order valence-corrected chi connectivity index (χ0v) is 11.3. The summed E-state index contributed by atoms with van der Waals surface area (Å²) in [7, 11) is 0. The van der Waals surface area contributed by atoms with E-state index in [1.54, 1.807) is 6.20 Å². The maximum Gasteiger partial charge on any atom is 0.169 e. The van der Waals surface area contributed by atoms with Gasteiger partial charge in [-0.3, -0.25) is 9.48 Å². The zero-order chi connectivity index (χ0) is 13.2. The monoisotopic (exact) mass is 263 g/mol. The number of hydrogen-bond donors (Lipinski definition) is 1. The third kappa shape index (κ3) is 2.72. The lowest BCUT2D eigenvalue weighted by molar-refractivity contribution is 0.00953. The van der Waals surface area contributed by atoms with Gasteiger partial charge in [-0.15, -0.1) is 0 Å². The Hall–Kier alpha value is -1.20. The van der Waals surface area contributed by atoms with Gasteiger partial charge in [-0.25, -0.2) is 0 Å². The van der Waals surface area contributed by atoms with E-state index in [1.165, 1.54) is 0 Å². The smallest absolute Gasteiger partial charge is 0.169 e. The molecular formula is C14H21N3O2. The average Bonchev–Trinajstić information content (AvgIpc) is 2.86. The molecule has 0 amide bonds. The first-order valence-corrected chi connectivity index (χ1v) is 7.16. The Labute approximate surface area is 113 Å². The van der Waals surface area contributed by atoms with Gasteiger partial charge in [0.25, 0.3) is 0 Å². The summed E-state index contributed by atoms with van der Waals surface area (Å²) in [5, 5.41) is 7.77. The molecule has 0 saturated carbocycles. The van der Waals surface area contributed by atoms with Gasteiger partial charge in [-0.2, -0.15) is 5.10 Å². The predicted octanol–water partition coefficient (Wildman–Crippen LogP) is 1.24. The highest BCUT2D eigenvalue weighted by molar-refractivity contribution is 5.97. The van der Waals surface area contributed by atoms with Gasteiger partial charge >= 0.3 is 0 Å². The van der Waals surface area contributed by atoms with E-state index in [-0.39, 0.29) is 11.7 Å². The van der Waals surface area contributed by atoms with Crippen molar-refractivity contribution in [1.29, 1.82) is 0 Å². The van der Waals surface area contributed by atoms with E-state index in [0.717, 1.165) is 44.6 Å². The van der Waals surface area contributed by atoms with E-state index in [0.29, 0.717) is 12.1 Å². The Morgan fingerprint density at radius 1 is 1.47 bits per heavy atom. The Morgan fingerprint density at radius 3 is 2.89 bits per heavy atom. The lowest BCUT2D eigenvalue weighted by atomic mass is 9.83. The van der Waals surface area contributed by atoms with Crippen LogP contribution in [0.4, 0.5) is 0 Å². The van der Waals surface area contributed by atoms with E-state index in [9.17, 15) is 4.79 Å². The lowest BCUT2D eigenvalue weighted by Crippen LogP contribution is -2.55. The second-order valence-corrected chi connectivity index (χ2v) is 5.62. The van der Waals surface area contributed by atoms with Gasteiger partial charge in [0.1, 0.15) is 0 Å². The first-order valence-electron chi connectivity index (χ1n) is 7.16. The molecule has 1 aromatic heterocycles. The van der Waals surface area contributed by atoms with Gasteiger partial charge in [0.05, 0.1) is 25.0 Å². The third-order valence-electron chi connectivity index (χ3n) is 3.99. The largest absolute Gasteiger partial charge is 0.378 e. The predicted molar refractivity (Wildman–Crippen MR) is 71.1 cm³/mol. The van der Waals surface area contributed by atoms with Crippen LogP contribution in [0.3, 0.4) is 0 Å². The molecule has 1 aromatic rings. The Morgan fingerprint density at radius 2 is 2.21 bits per heavy atom. The molecule has 0 aromatic carbocycles. The molecule has 3 rings (SSSR count). The highest BCUT2D eigenvalue weighted by atomic mass is 16.5. The number of rotatable bonds is 4. The molecule has 2 saturated heterocycles. The Kier molecular flexibility index (Phi) is 3.66. The molecule has 2 atom stereocenters. The molecule has 0 aliphatic carbocycles. The van der Waals surface area contributed by atoms with E-state index in [4.69, 9.17) is 4.74 Å². The van der Waals surface area contributed by atoms with Gasteiger partial charge in [-0.05, 0) is 19.3 Å². The molecule has 1 N–H and O–H groups in total. The van der Waals surface area contributed by atoms with E-state index >= 15 is 0 Å². The van der Waals surface area contributed by atoms with Crippen molar-refractivity contribution in [2.75, 3.05) is 13.2 Å². The van der Waals surface area contributed by atoms with Gasteiger partial charge < -0.3 is 10.1 Å². The SMILES string of the molecule is CCCn1cc(C(=O)C2CC3COCC(C2)N3)cn1. The minimum absolute atomic E-state index is 0.124. The first kappa shape index (κ1) is 12.8.